The maximum absolute atomic E-state index is 10.3. The van der Waals surface area contributed by atoms with Crippen LogP contribution in [0.4, 0.5) is 0 Å². The van der Waals surface area contributed by atoms with Crippen LogP contribution in [0.25, 0.3) is 0 Å². The largest absolute Gasteiger partial charge is 0.497 e. The summed E-state index contributed by atoms with van der Waals surface area (Å²) >= 11 is 0. The van der Waals surface area contributed by atoms with Gasteiger partial charge >= 0.3 is 0 Å². The molecule has 0 radical (unpaired) electrons. The molecule has 0 fully saturated rings. The molecule has 0 saturated carbocycles. The first-order valence-corrected chi connectivity index (χ1v) is 6.73. The van der Waals surface area contributed by atoms with Crippen molar-refractivity contribution in [1.29, 1.82) is 0 Å². The lowest BCUT2D eigenvalue weighted by molar-refractivity contribution is 0.123. The Hall–Kier alpha value is -1.84. The molecule has 3 heteroatoms. The van der Waals surface area contributed by atoms with Crippen LogP contribution in [0.5, 0.6) is 5.75 Å². The van der Waals surface area contributed by atoms with Gasteiger partial charge in [0.15, 0.2) is 0 Å². The van der Waals surface area contributed by atoms with Gasteiger partial charge in [0, 0.05) is 13.1 Å². The summed E-state index contributed by atoms with van der Waals surface area (Å²) in [5, 5.41) is 10.3. The highest BCUT2D eigenvalue weighted by Crippen LogP contribution is 2.20. The van der Waals surface area contributed by atoms with Crippen LogP contribution in [0.15, 0.2) is 54.6 Å². The molecule has 0 heterocycles. The molecule has 2 rings (SSSR count). The molecular formula is C17H21NO2. The molecule has 20 heavy (non-hydrogen) atoms. The molecule has 0 aliphatic rings. The average Bonchev–Trinajstić information content (AvgIpc) is 2.48. The molecule has 1 atom stereocenters. The number of ether oxygens (including phenoxy) is 1. The molecule has 0 bridgehead atoms. The van der Waals surface area contributed by atoms with E-state index in [4.69, 9.17) is 4.74 Å². The summed E-state index contributed by atoms with van der Waals surface area (Å²) in [6.07, 6.45) is -0.515. The van der Waals surface area contributed by atoms with Crippen LogP contribution in [-0.4, -0.2) is 30.7 Å². The number of benzene rings is 2. The third kappa shape index (κ3) is 4.08. The highest BCUT2D eigenvalue weighted by molar-refractivity contribution is 5.30. The smallest absolute Gasteiger partial charge is 0.119 e. The molecule has 0 amide bonds. The first-order chi connectivity index (χ1) is 9.69. The van der Waals surface area contributed by atoms with E-state index in [1.807, 2.05) is 49.5 Å². The molecule has 2 aromatic rings. The summed E-state index contributed by atoms with van der Waals surface area (Å²) in [7, 11) is 3.64. The minimum absolute atomic E-state index is 0.515. The highest BCUT2D eigenvalue weighted by Gasteiger charge is 2.11. The first kappa shape index (κ1) is 14.6. The standard InChI is InChI=1S/C17H21NO2/c1-18(12-14-7-4-3-5-8-14)13-17(19)15-9-6-10-16(11-15)20-2/h3-11,17,19H,12-13H2,1-2H3. The van der Waals surface area contributed by atoms with Gasteiger partial charge < -0.3 is 9.84 Å². The summed E-state index contributed by atoms with van der Waals surface area (Å²) in [5.74, 6) is 0.771. The molecule has 3 nitrogen and oxygen atoms in total. The van der Waals surface area contributed by atoms with Gasteiger partial charge in [0.1, 0.15) is 5.75 Å². The van der Waals surface area contributed by atoms with E-state index in [2.05, 4.69) is 17.0 Å². The van der Waals surface area contributed by atoms with Crippen LogP contribution in [0.1, 0.15) is 17.2 Å². The van der Waals surface area contributed by atoms with E-state index in [9.17, 15) is 5.11 Å². The number of aliphatic hydroxyl groups is 1. The van der Waals surface area contributed by atoms with E-state index in [0.717, 1.165) is 17.9 Å². The van der Waals surface area contributed by atoms with Gasteiger partial charge in [-0.15, -0.1) is 0 Å². The molecular weight excluding hydrogens is 250 g/mol. The Kier molecular flexibility index (Phi) is 5.16. The van der Waals surface area contributed by atoms with Gasteiger partial charge in [0.2, 0.25) is 0 Å². The SMILES string of the molecule is COc1cccc(C(O)CN(C)Cc2ccccc2)c1. The monoisotopic (exact) mass is 271 g/mol. The van der Waals surface area contributed by atoms with Crippen molar-refractivity contribution in [3.63, 3.8) is 0 Å². The summed E-state index contributed by atoms with van der Waals surface area (Å²) in [5.41, 5.74) is 2.12. The van der Waals surface area contributed by atoms with Crippen LogP contribution < -0.4 is 4.74 Å². The van der Waals surface area contributed by atoms with E-state index in [0.29, 0.717) is 6.54 Å². The van der Waals surface area contributed by atoms with Crippen molar-refractivity contribution in [3.05, 3.63) is 65.7 Å². The zero-order chi connectivity index (χ0) is 14.4. The maximum atomic E-state index is 10.3. The number of hydrogen-bond donors (Lipinski definition) is 1. The first-order valence-electron chi connectivity index (χ1n) is 6.73. The third-order valence-electron chi connectivity index (χ3n) is 3.26. The lowest BCUT2D eigenvalue weighted by Crippen LogP contribution is -2.24. The number of aliphatic hydroxyl groups excluding tert-OH is 1. The van der Waals surface area contributed by atoms with Crippen molar-refractivity contribution >= 4 is 0 Å². The average molecular weight is 271 g/mol. The summed E-state index contributed by atoms with van der Waals surface area (Å²) in [6, 6.07) is 17.8. The van der Waals surface area contributed by atoms with Gasteiger partial charge in [-0.2, -0.15) is 0 Å². The van der Waals surface area contributed by atoms with Gasteiger partial charge in [-0.1, -0.05) is 42.5 Å². The lowest BCUT2D eigenvalue weighted by atomic mass is 10.1. The fourth-order valence-corrected chi connectivity index (χ4v) is 2.21. The molecule has 0 aliphatic carbocycles. The molecule has 0 aromatic heterocycles. The second-order valence-electron chi connectivity index (χ2n) is 4.97. The van der Waals surface area contributed by atoms with Crippen molar-refractivity contribution in [2.45, 2.75) is 12.6 Å². The Morgan fingerprint density at radius 1 is 1.10 bits per heavy atom. The number of likely N-dealkylation sites (N-methyl/N-ethyl adjacent to an activating group) is 1. The summed E-state index contributed by atoms with van der Waals surface area (Å²) in [4.78, 5) is 2.11. The third-order valence-corrected chi connectivity index (χ3v) is 3.26. The van der Waals surface area contributed by atoms with Crippen LogP contribution >= 0.6 is 0 Å². The second kappa shape index (κ2) is 7.08. The minimum atomic E-state index is -0.515. The lowest BCUT2D eigenvalue weighted by Gasteiger charge is -2.21. The van der Waals surface area contributed by atoms with E-state index >= 15 is 0 Å². The predicted octanol–water partition coefficient (Wildman–Crippen LogP) is 2.86. The molecule has 106 valence electrons. The fraction of sp³-hybridized carbons (Fsp3) is 0.294. The Bertz CT molecular complexity index is 528. The number of hydrogen-bond acceptors (Lipinski definition) is 3. The van der Waals surface area contributed by atoms with Crippen LogP contribution in [-0.2, 0) is 6.54 Å². The zero-order valence-corrected chi connectivity index (χ0v) is 12.0. The fourth-order valence-electron chi connectivity index (χ4n) is 2.21. The van der Waals surface area contributed by atoms with Gasteiger partial charge in [-0.05, 0) is 30.3 Å². The van der Waals surface area contributed by atoms with E-state index in [-0.39, 0.29) is 0 Å². The maximum Gasteiger partial charge on any atom is 0.119 e. The molecule has 1 N–H and O–H groups in total. The summed E-state index contributed by atoms with van der Waals surface area (Å²) < 4.78 is 5.18. The van der Waals surface area contributed by atoms with Crippen molar-refractivity contribution in [2.75, 3.05) is 20.7 Å². The number of methoxy groups -OCH3 is 1. The topological polar surface area (TPSA) is 32.7 Å². The van der Waals surface area contributed by atoms with Gasteiger partial charge in [0.05, 0.1) is 13.2 Å². The molecule has 2 aromatic carbocycles. The Morgan fingerprint density at radius 3 is 2.55 bits per heavy atom. The summed E-state index contributed by atoms with van der Waals surface area (Å²) in [6.45, 7) is 1.41. The van der Waals surface area contributed by atoms with Crippen molar-refractivity contribution < 1.29 is 9.84 Å². The van der Waals surface area contributed by atoms with Gasteiger partial charge in [0.25, 0.3) is 0 Å². The number of nitrogens with zero attached hydrogens (tertiary/aromatic N) is 1. The van der Waals surface area contributed by atoms with E-state index in [1.165, 1.54) is 5.56 Å². The molecule has 0 aliphatic heterocycles. The molecule has 1 unspecified atom stereocenters. The quantitative estimate of drug-likeness (QED) is 0.877. The Morgan fingerprint density at radius 2 is 1.85 bits per heavy atom. The second-order valence-corrected chi connectivity index (χ2v) is 4.97. The zero-order valence-electron chi connectivity index (χ0n) is 12.0. The van der Waals surface area contributed by atoms with Crippen LogP contribution in [0, 0.1) is 0 Å². The van der Waals surface area contributed by atoms with Gasteiger partial charge in [-0.3, -0.25) is 4.90 Å². The Balaban J connectivity index is 1.94. The predicted molar refractivity (Wildman–Crippen MR) is 80.7 cm³/mol. The van der Waals surface area contributed by atoms with Gasteiger partial charge in [-0.25, -0.2) is 0 Å². The Labute approximate surface area is 120 Å². The van der Waals surface area contributed by atoms with Crippen molar-refractivity contribution in [2.24, 2.45) is 0 Å². The highest BCUT2D eigenvalue weighted by atomic mass is 16.5. The minimum Gasteiger partial charge on any atom is -0.497 e. The molecule has 0 spiro atoms. The van der Waals surface area contributed by atoms with E-state index < -0.39 is 6.10 Å². The van der Waals surface area contributed by atoms with Crippen LogP contribution in [0.2, 0.25) is 0 Å². The van der Waals surface area contributed by atoms with E-state index in [1.54, 1.807) is 7.11 Å². The van der Waals surface area contributed by atoms with Crippen molar-refractivity contribution in [3.8, 4) is 5.75 Å². The normalized spacial score (nSPS) is 12.4. The van der Waals surface area contributed by atoms with Crippen LogP contribution in [0.3, 0.4) is 0 Å². The van der Waals surface area contributed by atoms with Crippen molar-refractivity contribution in [1.82, 2.24) is 4.90 Å². The number of rotatable bonds is 6. The molecule has 0 saturated heterocycles.